The molecule has 198 valence electrons. The number of benzene rings is 1. The van der Waals surface area contributed by atoms with Gasteiger partial charge < -0.3 is 24.2 Å². The molecule has 2 aliphatic rings. The third-order valence-corrected chi connectivity index (χ3v) is 6.98. The monoisotopic (exact) mass is 497 g/mol. The van der Waals surface area contributed by atoms with Crippen molar-refractivity contribution in [2.24, 2.45) is 5.92 Å². The van der Waals surface area contributed by atoms with Gasteiger partial charge in [-0.05, 0) is 70.9 Å². The SMILES string of the molecule is CC(=O)N(C)c1c(C)cccc1C#CCOC1CCN(CC2CCN(C(=O)OC(C)(C)C)CC2)CC1. The average Bonchev–Trinajstić information content (AvgIpc) is 2.82. The molecular weight excluding hydrogens is 454 g/mol. The first-order valence-electron chi connectivity index (χ1n) is 13.2. The van der Waals surface area contributed by atoms with Gasteiger partial charge in [0.05, 0.1) is 11.8 Å². The highest BCUT2D eigenvalue weighted by atomic mass is 16.6. The van der Waals surface area contributed by atoms with Crippen LogP contribution in [0.4, 0.5) is 10.5 Å². The Hall–Kier alpha value is -2.56. The van der Waals surface area contributed by atoms with Crippen molar-refractivity contribution in [1.29, 1.82) is 0 Å². The lowest BCUT2D eigenvalue weighted by atomic mass is 9.95. The fourth-order valence-corrected chi connectivity index (χ4v) is 4.90. The highest BCUT2D eigenvalue weighted by Crippen LogP contribution is 2.24. The highest BCUT2D eigenvalue weighted by molar-refractivity contribution is 5.93. The van der Waals surface area contributed by atoms with Crippen LogP contribution in [0.25, 0.3) is 0 Å². The van der Waals surface area contributed by atoms with Crippen LogP contribution in [-0.2, 0) is 14.3 Å². The molecule has 0 spiro atoms. The number of para-hydroxylation sites is 1. The van der Waals surface area contributed by atoms with Crippen LogP contribution in [0.2, 0.25) is 0 Å². The van der Waals surface area contributed by atoms with E-state index in [1.165, 1.54) is 0 Å². The van der Waals surface area contributed by atoms with E-state index in [0.29, 0.717) is 12.5 Å². The van der Waals surface area contributed by atoms with E-state index < -0.39 is 5.60 Å². The van der Waals surface area contributed by atoms with Gasteiger partial charge in [0.1, 0.15) is 12.2 Å². The predicted molar refractivity (Wildman–Crippen MR) is 143 cm³/mol. The molecule has 7 nitrogen and oxygen atoms in total. The number of aryl methyl sites for hydroxylation is 1. The highest BCUT2D eigenvalue weighted by Gasteiger charge is 2.29. The maximum Gasteiger partial charge on any atom is 0.410 e. The molecular formula is C29H43N3O4. The summed E-state index contributed by atoms with van der Waals surface area (Å²) in [7, 11) is 1.78. The number of rotatable bonds is 5. The second kappa shape index (κ2) is 12.6. The molecule has 2 aliphatic heterocycles. The van der Waals surface area contributed by atoms with E-state index in [-0.39, 0.29) is 18.1 Å². The van der Waals surface area contributed by atoms with Crippen molar-refractivity contribution in [3.63, 3.8) is 0 Å². The number of hydrogen-bond donors (Lipinski definition) is 0. The van der Waals surface area contributed by atoms with E-state index in [9.17, 15) is 9.59 Å². The first-order valence-corrected chi connectivity index (χ1v) is 13.2. The van der Waals surface area contributed by atoms with E-state index in [4.69, 9.17) is 9.47 Å². The number of anilines is 1. The molecule has 1 aromatic rings. The second-order valence-corrected chi connectivity index (χ2v) is 11.1. The molecule has 0 aromatic heterocycles. The van der Waals surface area contributed by atoms with Gasteiger partial charge in [-0.1, -0.05) is 24.0 Å². The van der Waals surface area contributed by atoms with E-state index >= 15 is 0 Å². The van der Waals surface area contributed by atoms with Crippen molar-refractivity contribution in [2.45, 2.75) is 72.0 Å². The molecule has 2 saturated heterocycles. The summed E-state index contributed by atoms with van der Waals surface area (Å²) in [6.45, 7) is 14.4. The van der Waals surface area contributed by atoms with Gasteiger partial charge in [-0.15, -0.1) is 0 Å². The van der Waals surface area contributed by atoms with Crippen molar-refractivity contribution in [3.05, 3.63) is 29.3 Å². The number of nitrogens with zero attached hydrogens (tertiary/aromatic N) is 3. The van der Waals surface area contributed by atoms with E-state index in [1.54, 1.807) is 18.9 Å². The maximum absolute atomic E-state index is 12.3. The molecule has 2 fully saturated rings. The van der Waals surface area contributed by atoms with Crippen molar-refractivity contribution >= 4 is 17.7 Å². The number of likely N-dealkylation sites (tertiary alicyclic amines) is 2. The Bertz CT molecular complexity index is 959. The number of amides is 2. The number of carbonyl (C=O) groups excluding carboxylic acids is 2. The van der Waals surface area contributed by atoms with Crippen LogP contribution in [-0.4, -0.2) is 79.9 Å². The largest absolute Gasteiger partial charge is 0.444 e. The molecule has 0 bridgehead atoms. The summed E-state index contributed by atoms with van der Waals surface area (Å²) >= 11 is 0. The molecule has 2 heterocycles. The number of piperidine rings is 2. The molecule has 0 radical (unpaired) electrons. The van der Waals surface area contributed by atoms with Crippen LogP contribution in [0.3, 0.4) is 0 Å². The second-order valence-electron chi connectivity index (χ2n) is 11.1. The summed E-state index contributed by atoms with van der Waals surface area (Å²) in [4.78, 5) is 30.2. The van der Waals surface area contributed by atoms with Gasteiger partial charge in [0.2, 0.25) is 5.91 Å². The summed E-state index contributed by atoms with van der Waals surface area (Å²) < 4.78 is 11.6. The molecule has 7 heteroatoms. The Morgan fingerprint density at radius 1 is 1.08 bits per heavy atom. The van der Waals surface area contributed by atoms with Gasteiger partial charge in [0.25, 0.3) is 0 Å². The van der Waals surface area contributed by atoms with Gasteiger partial charge in [-0.3, -0.25) is 4.79 Å². The van der Waals surface area contributed by atoms with Gasteiger partial charge >= 0.3 is 6.09 Å². The lowest BCUT2D eigenvalue weighted by Crippen LogP contribution is -2.45. The lowest BCUT2D eigenvalue weighted by molar-refractivity contribution is -0.116. The van der Waals surface area contributed by atoms with Crippen LogP contribution >= 0.6 is 0 Å². The predicted octanol–water partition coefficient (Wildman–Crippen LogP) is 4.46. The zero-order valence-corrected chi connectivity index (χ0v) is 22.9. The van der Waals surface area contributed by atoms with Gasteiger partial charge in [0, 0.05) is 52.3 Å². The topological polar surface area (TPSA) is 62.3 Å². The minimum atomic E-state index is -0.443. The zero-order chi connectivity index (χ0) is 26.3. The Morgan fingerprint density at radius 2 is 1.75 bits per heavy atom. The number of hydrogen-bond acceptors (Lipinski definition) is 5. The van der Waals surface area contributed by atoms with Crippen molar-refractivity contribution in [3.8, 4) is 11.8 Å². The molecule has 36 heavy (non-hydrogen) atoms. The smallest absolute Gasteiger partial charge is 0.410 e. The van der Waals surface area contributed by atoms with Crippen LogP contribution in [0.5, 0.6) is 0 Å². The van der Waals surface area contributed by atoms with Crippen molar-refractivity contribution in [2.75, 3.05) is 51.3 Å². The van der Waals surface area contributed by atoms with Crippen LogP contribution in [0, 0.1) is 24.7 Å². The molecule has 2 amide bonds. The minimum absolute atomic E-state index is 0.0102. The summed E-state index contributed by atoms with van der Waals surface area (Å²) in [6, 6.07) is 5.91. The summed E-state index contributed by atoms with van der Waals surface area (Å²) in [5, 5.41) is 0. The van der Waals surface area contributed by atoms with Crippen molar-refractivity contribution < 1.29 is 19.1 Å². The van der Waals surface area contributed by atoms with Crippen molar-refractivity contribution in [1.82, 2.24) is 9.80 Å². The Kier molecular flexibility index (Phi) is 9.81. The third kappa shape index (κ3) is 8.25. The Morgan fingerprint density at radius 3 is 2.36 bits per heavy atom. The maximum atomic E-state index is 12.3. The van der Waals surface area contributed by atoms with E-state index in [0.717, 1.165) is 75.2 Å². The molecule has 0 N–H and O–H groups in total. The van der Waals surface area contributed by atoms with Crippen LogP contribution in [0.1, 0.15) is 64.5 Å². The van der Waals surface area contributed by atoms with E-state index in [2.05, 4.69) is 16.7 Å². The van der Waals surface area contributed by atoms with Gasteiger partial charge in [0.15, 0.2) is 0 Å². The fraction of sp³-hybridized carbons (Fsp3) is 0.655. The van der Waals surface area contributed by atoms with Gasteiger partial charge in [-0.2, -0.15) is 0 Å². The Labute approximate surface area is 217 Å². The lowest BCUT2D eigenvalue weighted by Gasteiger charge is -2.37. The molecule has 3 rings (SSSR count). The quantitative estimate of drug-likeness (QED) is 0.562. The fourth-order valence-electron chi connectivity index (χ4n) is 4.90. The summed E-state index contributed by atoms with van der Waals surface area (Å²) in [5.41, 5.74) is 2.30. The standard InChI is InChI=1S/C29H43N3O4/c1-22-9-7-10-25(27(22)30(6)23(2)33)11-8-20-35-26-14-16-31(17-15-26)21-24-12-18-32(19-13-24)28(34)36-29(3,4)5/h7,9-10,24,26H,12-21H2,1-6H3. The number of ether oxygens (including phenoxy) is 2. The van der Waals surface area contributed by atoms with Crippen LogP contribution < -0.4 is 4.90 Å². The Balaban J connectivity index is 1.38. The minimum Gasteiger partial charge on any atom is -0.444 e. The molecule has 0 saturated carbocycles. The first-order chi connectivity index (χ1) is 17.0. The number of carbonyl (C=O) groups is 2. The van der Waals surface area contributed by atoms with Crippen LogP contribution in [0.15, 0.2) is 18.2 Å². The molecule has 0 unspecified atom stereocenters. The van der Waals surface area contributed by atoms with Gasteiger partial charge in [-0.25, -0.2) is 4.79 Å². The third-order valence-electron chi connectivity index (χ3n) is 6.98. The van der Waals surface area contributed by atoms with E-state index in [1.807, 2.05) is 50.8 Å². The molecule has 0 atom stereocenters. The normalized spacial score (nSPS) is 17.9. The molecule has 1 aromatic carbocycles. The first kappa shape index (κ1) is 28.0. The average molecular weight is 498 g/mol. The molecule has 0 aliphatic carbocycles. The summed E-state index contributed by atoms with van der Waals surface area (Å²) in [5.74, 6) is 6.97. The zero-order valence-electron chi connectivity index (χ0n) is 22.9. The summed E-state index contributed by atoms with van der Waals surface area (Å²) in [6.07, 6.45) is 4.14.